The van der Waals surface area contributed by atoms with Gasteiger partial charge in [-0.15, -0.1) is 10.2 Å². The number of ether oxygens (including phenoxy) is 1. The molecule has 126 valence electrons. The van der Waals surface area contributed by atoms with E-state index in [2.05, 4.69) is 15.1 Å². The van der Waals surface area contributed by atoms with Gasteiger partial charge in [0.15, 0.2) is 0 Å². The first-order valence-corrected chi connectivity index (χ1v) is 8.43. The van der Waals surface area contributed by atoms with Gasteiger partial charge in [-0.05, 0) is 25.1 Å². The number of aromatic nitrogens is 2. The van der Waals surface area contributed by atoms with Crippen molar-refractivity contribution in [1.29, 1.82) is 0 Å². The van der Waals surface area contributed by atoms with Gasteiger partial charge >= 0.3 is 5.97 Å². The molecule has 7 nitrogen and oxygen atoms in total. The lowest BCUT2D eigenvalue weighted by Gasteiger charge is -2.34. The fourth-order valence-electron chi connectivity index (χ4n) is 2.59. The van der Waals surface area contributed by atoms with E-state index in [4.69, 9.17) is 4.74 Å². The number of anilines is 1. The number of aryl methyl sites for hydroxylation is 1. The number of carbonyl (C=O) groups is 2. The normalized spacial score (nSPS) is 14.6. The van der Waals surface area contributed by atoms with E-state index in [-0.39, 0.29) is 5.91 Å². The van der Waals surface area contributed by atoms with Crippen LogP contribution >= 0.6 is 11.3 Å². The topological polar surface area (TPSA) is 75.6 Å². The predicted molar refractivity (Wildman–Crippen MR) is 90.5 cm³/mol. The van der Waals surface area contributed by atoms with Crippen LogP contribution in [-0.4, -0.2) is 60.3 Å². The number of benzene rings is 1. The minimum atomic E-state index is -0.443. The van der Waals surface area contributed by atoms with Crippen molar-refractivity contribution in [2.45, 2.75) is 6.92 Å². The molecule has 1 fully saturated rings. The Labute approximate surface area is 143 Å². The van der Waals surface area contributed by atoms with Crippen LogP contribution < -0.4 is 4.90 Å². The second-order valence-electron chi connectivity index (χ2n) is 5.46. The Kier molecular flexibility index (Phi) is 4.75. The second-order valence-corrected chi connectivity index (χ2v) is 6.62. The lowest BCUT2D eigenvalue weighted by atomic mass is 10.1. The molecule has 1 amide bonds. The first kappa shape index (κ1) is 16.4. The van der Waals surface area contributed by atoms with Gasteiger partial charge < -0.3 is 14.5 Å². The molecule has 0 aliphatic carbocycles. The predicted octanol–water partition coefficient (Wildman–Crippen LogP) is 1.60. The van der Waals surface area contributed by atoms with Crippen molar-refractivity contribution in [2.75, 3.05) is 38.2 Å². The maximum Gasteiger partial charge on any atom is 0.337 e. The Morgan fingerprint density at radius 1 is 1.12 bits per heavy atom. The molecule has 0 N–H and O–H groups in total. The highest BCUT2D eigenvalue weighted by atomic mass is 32.1. The molecular weight excluding hydrogens is 328 g/mol. The summed E-state index contributed by atoms with van der Waals surface area (Å²) in [5.41, 5.74) is 0.879. The summed E-state index contributed by atoms with van der Waals surface area (Å²) in [5, 5.41) is 10.0. The van der Waals surface area contributed by atoms with Crippen LogP contribution in [0.15, 0.2) is 24.3 Å². The number of methoxy groups -OCH3 is 1. The molecule has 8 heteroatoms. The molecule has 0 saturated carbocycles. The standard InChI is InChI=1S/C16H18N4O3S/c1-11-17-18-16(24-11)20-8-6-19(7-9-20)14(21)12-4-3-5-13(10-12)15(22)23-2/h3-5,10H,6-9H2,1-2H3. The summed E-state index contributed by atoms with van der Waals surface area (Å²) in [6, 6.07) is 6.63. The van der Waals surface area contributed by atoms with Crippen LogP contribution in [0.1, 0.15) is 25.7 Å². The smallest absolute Gasteiger partial charge is 0.337 e. The fraction of sp³-hybridized carbons (Fsp3) is 0.375. The molecule has 0 atom stereocenters. The molecule has 1 aliphatic heterocycles. The Morgan fingerprint density at radius 2 is 1.83 bits per heavy atom. The van der Waals surface area contributed by atoms with Crippen LogP contribution in [0.2, 0.25) is 0 Å². The fourth-order valence-corrected chi connectivity index (χ4v) is 3.33. The third-order valence-corrected chi connectivity index (χ3v) is 4.78. The molecule has 3 rings (SSSR count). The highest BCUT2D eigenvalue weighted by Gasteiger charge is 2.24. The van der Waals surface area contributed by atoms with Crippen molar-refractivity contribution in [3.05, 3.63) is 40.4 Å². The van der Waals surface area contributed by atoms with Crippen molar-refractivity contribution >= 4 is 28.3 Å². The summed E-state index contributed by atoms with van der Waals surface area (Å²) >= 11 is 1.56. The zero-order valence-electron chi connectivity index (χ0n) is 13.6. The van der Waals surface area contributed by atoms with Gasteiger partial charge in [0.1, 0.15) is 5.01 Å². The molecule has 1 aromatic heterocycles. The monoisotopic (exact) mass is 346 g/mol. The Bertz CT molecular complexity index is 753. The largest absolute Gasteiger partial charge is 0.465 e. The van der Waals surface area contributed by atoms with Crippen molar-refractivity contribution in [2.24, 2.45) is 0 Å². The number of piperazine rings is 1. The van der Waals surface area contributed by atoms with Crippen molar-refractivity contribution < 1.29 is 14.3 Å². The van der Waals surface area contributed by atoms with E-state index < -0.39 is 5.97 Å². The molecule has 0 unspecified atom stereocenters. The van der Waals surface area contributed by atoms with Gasteiger partial charge in [0.2, 0.25) is 5.13 Å². The van der Waals surface area contributed by atoms with Crippen LogP contribution in [-0.2, 0) is 4.74 Å². The van der Waals surface area contributed by atoms with E-state index in [1.807, 2.05) is 6.92 Å². The number of nitrogens with zero attached hydrogens (tertiary/aromatic N) is 4. The lowest BCUT2D eigenvalue weighted by Crippen LogP contribution is -2.48. The van der Waals surface area contributed by atoms with Crippen molar-refractivity contribution in [3.8, 4) is 0 Å². The van der Waals surface area contributed by atoms with Crippen LogP contribution in [0.3, 0.4) is 0 Å². The maximum atomic E-state index is 12.6. The molecule has 1 saturated heterocycles. The Morgan fingerprint density at radius 3 is 2.46 bits per heavy atom. The minimum absolute atomic E-state index is 0.0751. The van der Waals surface area contributed by atoms with Gasteiger partial charge in [0.05, 0.1) is 12.7 Å². The molecule has 1 aliphatic rings. The number of hydrogen-bond acceptors (Lipinski definition) is 7. The van der Waals surface area contributed by atoms with Crippen LogP contribution in [0, 0.1) is 6.92 Å². The number of amides is 1. The Hall–Kier alpha value is -2.48. The number of carbonyl (C=O) groups excluding carboxylic acids is 2. The molecule has 0 radical (unpaired) electrons. The quantitative estimate of drug-likeness (QED) is 0.786. The number of esters is 1. The lowest BCUT2D eigenvalue weighted by molar-refractivity contribution is 0.0600. The van der Waals surface area contributed by atoms with E-state index in [1.54, 1.807) is 40.5 Å². The van der Waals surface area contributed by atoms with Crippen LogP contribution in [0.25, 0.3) is 0 Å². The van der Waals surface area contributed by atoms with E-state index in [1.165, 1.54) is 7.11 Å². The van der Waals surface area contributed by atoms with Gasteiger partial charge in [-0.25, -0.2) is 4.79 Å². The Balaban J connectivity index is 1.66. The van der Waals surface area contributed by atoms with Gasteiger partial charge in [0.25, 0.3) is 5.91 Å². The molecule has 2 aromatic rings. The van der Waals surface area contributed by atoms with E-state index in [9.17, 15) is 9.59 Å². The first-order valence-electron chi connectivity index (χ1n) is 7.61. The van der Waals surface area contributed by atoms with Gasteiger partial charge in [0, 0.05) is 31.7 Å². The third kappa shape index (κ3) is 3.38. The molecule has 1 aromatic carbocycles. The average molecular weight is 346 g/mol. The van der Waals surface area contributed by atoms with Gasteiger partial charge in [-0.2, -0.15) is 0 Å². The molecule has 24 heavy (non-hydrogen) atoms. The third-order valence-electron chi connectivity index (χ3n) is 3.88. The van der Waals surface area contributed by atoms with Gasteiger partial charge in [-0.3, -0.25) is 4.79 Å². The summed E-state index contributed by atoms with van der Waals surface area (Å²) in [5.74, 6) is -0.519. The SMILES string of the molecule is COC(=O)c1cccc(C(=O)N2CCN(c3nnc(C)s3)CC2)c1. The summed E-state index contributed by atoms with van der Waals surface area (Å²) in [7, 11) is 1.32. The van der Waals surface area contributed by atoms with E-state index >= 15 is 0 Å². The number of hydrogen-bond donors (Lipinski definition) is 0. The molecule has 2 heterocycles. The summed E-state index contributed by atoms with van der Waals surface area (Å²) in [6.45, 7) is 4.59. The molecular formula is C16H18N4O3S. The highest BCUT2D eigenvalue weighted by Crippen LogP contribution is 2.21. The maximum absolute atomic E-state index is 12.6. The molecule has 0 bridgehead atoms. The minimum Gasteiger partial charge on any atom is -0.465 e. The van der Waals surface area contributed by atoms with E-state index in [0.717, 1.165) is 23.2 Å². The van der Waals surface area contributed by atoms with Crippen LogP contribution in [0.4, 0.5) is 5.13 Å². The van der Waals surface area contributed by atoms with E-state index in [0.29, 0.717) is 24.2 Å². The van der Waals surface area contributed by atoms with Crippen molar-refractivity contribution in [3.63, 3.8) is 0 Å². The summed E-state index contributed by atoms with van der Waals surface area (Å²) < 4.78 is 4.70. The van der Waals surface area contributed by atoms with Crippen molar-refractivity contribution in [1.82, 2.24) is 15.1 Å². The van der Waals surface area contributed by atoms with Gasteiger partial charge in [-0.1, -0.05) is 17.4 Å². The zero-order valence-corrected chi connectivity index (χ0v) is 14.4. The molecule has 0 spiro atoms. The number of rotatable bonds is 3. The highest BCUT2D eigenvalue weighted by molar-refractivity contribution is 7.15. The first-order chi connectivity index (χ1) is 11.6. The average Bonchev–Trinajstić information content (AvgIpc) is 3.07. The second kappa shape index (κ2) is 6.96. The summed E-state index contributed by atoms with van der Waals surface area (Å²) in [4.78, 5) is 28.2. The summed E-state index contributed by atoms with van der Waals surface area (Å²) in [6.07, 6.45) is 0. The van der Waals surface area contributed by atoms with Crippen LogP contribution in [0.5, 0.6) is 0 Å². The zero-order chi connectivity index (χ0) is 17.1.